The first-order chi connectivity index (χ1) is 7.74. The first-order valence-corrected chi connectivity index (χ1v) is 7.61. The highest BCUT2D eigenvalue weighted by molar-refractivity contribution is 6.60. The lowest BCUT2D eigenvalue weighted by Crippen LogP contribution is -2.44. The molecule has 0 unspecified atom stereocenters. The number of nitrogens with two attached hydrogens (primary N) is 1. The van der Waals surface area contributed by atoms with E-state index in [0.29, 0.717) is 19.8 Å². The fourth-order valence-electron chi connectivity index (χ4n) is 1.38. The van der Waals surface area contributed by atoms with Gasteiger partial charge in [-0.25, -0.2) is 0 Å². The van der Waals surface area contributed by atoms with E-state index in [-0.39, 0.29) is 0 Å². The van der Waals surface area contributed by atoms with E-state index in [4.69, 9.17) is 23.7 Å². The Hall–Kier alpha value is 0.0169. The van der Waals surface area contributed by atoms with Crippen molar-refractivity contribution in [2.45, 2.75) is 25.3 Å². The molecule has 0 radical (unpaired) electrons. The average Bonchev–Trinajstić information content (AvgIpc) is 2.33. The second kappa shape index (κ2) is 10.2. The van der Waals surface area contributed by atoms with Gasteiger partial charge in [0, 0.05) is 40.6 Å². The summed E-state index contributed by atoms with van der Waals surface area (Å²) in [6.45, 7) is 2.05. The molecule has 0 heterocycles. The minimum atomic E-state index is -2.45. The topological polar surface area (TPSA) is 62.9 Å². The van der Waals surface area contributed by atoms with Gasteiger partial charge < -0.3 is 23.7 Å². The molecule has 98 valence electrons. The van der Waals surface area contributed by atoms with Crippen molar-refractivity contribution in [2.75, 3.05) is 41.1 Å². The molecule has 0 rings (SSSR count). The molecular weight excluding hydrogens is 226 g/mol. The molecule has 0 spiro atoms. The Kier molecular flexibility index (Phi) is 10.2. The summed E-state index contributed by atoms with van der Waals surface area (Å²) in [5, 5.41) is 0. The molecule has 5 nitrogen and oxygen atoms in total. The molecule has 0 aromatic heterocycles. The minimum Gasteiger partial charge on any atom is -0.385 e. The predicted octanol–water partition coefficient (Wildman–Crippen LogP) is 1.01. The number of hydrogen-bond donors (Lipinski definition) is 1. The highest BCUT2D eigenvalue weighted by Crippen LogP contribution is 2.16. The third kappa shape index (κ3) is 6.57. The van der Waals surface area contributed by atoms with Crippen LogP contribution in [-0.2, 0) is 18.0 Å². The van der Waals surface area contributed by atoms with Gasteiger partial charge in [-0.3, -0.25) is 0 Å². The quantitative estimate of drug-likeness (QED) is 0.438. The molecule has 6 heteroatoms. The standard InChI is InChI=1S/C10H25NO4Si/c1-12-8-6-10-16(13-2,14-3)15-9-5-4-7-11/h4-11H2,1-3H3. The molecule has 0 saturated heterocycles. The van der Waals surface area contributed by atoms with Gasteiger partial charge in [0.1, 0.15) is 0 Å². The maximum absolute atomic E-state index is 5.76. The monoisotopic (exact) mass is 251 g/mol. The summed E-state index contributed by atoms with van der Waals surface area (Å²) >= 11 is 0. The van der Waals surface area contributed by atoms with Gasteiger partial charge in [-0.1, -0.05) is 0 Å². The van der Waals surface area contributed by atoms with Crippen molar-refractivity contribution in [3.8, 4) is 0 Å². The zero-order valence-electron chi connectivity index (χ0n) is 10.7. The van der Waals surface area contributed by atoms with Crippen LogP contribution in [0.5, 0.6) is 0 Å². The van der Waals surface area contributed by atoms with Crippen molar-refractivity contribution in [1.82, 2.24) is 0 Å². The second-order valence-corrected chi connectivity index (χ2v) is 6.50. The zero-order chi connectivity index (χ0) is 12.3. The zero-order valence-corrected chi connectivity index (χ0v) is 11.7. The SMILES string of the molecule is COCCC[Si](OC)(OC)OCCCCN. The van der Waals surface area contributed by atoms with Gasteiger partial charge in [-0.15, -0.1) is 0 Å². The van der Waals surface area contributed by atoms with E-state index in [1.807, 2.05) is 0 Å². The molecule has 0 aromatic carbocycles. The van der Waals surface area contributed by atoms with E-state index in [1.54, 1.807) is 21.3 Å². The lowest BCUT2D eigenvalue weighted by atomic mass is 10.3. The molecule has 0 aromatic rings. The van der Waals surface area contributed by atoms with Crippen LogP contribution in [0, 0.1) is 0 Å². The summed E-state index contributed by atoms with van der Waals surface area (Å²) in [5.41, 5.74) is 5.42. The Morgan fingerprint density at radius 1 is 0.938 bits per heavy atom. The molecule has 0 amide bonds. The van der Waals surface area contributed by atoms with Crippen LogP contribution in [0.3, 0.4) is 0 Å². The molecule has 0 fully saturated rings. The summed E-state index contributed by atoms with van der Waals surface area (Å²) < 4.78 is 21.6. The highest BCUT2D eigenvalue weighted by atomic mass is 28.4. The van der Waals surface area contributed by atoms with E-state index < -0.39 is 8.80 Å². The van der Waals surface area contributed by atoms with Gasteiger partial charge in [0.15, 0.2) is 0 Å². The summed E-state index contributed by atoms with van der Waals surface area (Å²) in [6, 6.07) is 0.788. The molecule has 0 aliphatic carbocycles. The van der Waals surface area contributed by atoms with Crippen molar-refractivity contribution in [2.24, 2.45) is 5.73 Å². The lowest BCUT2D eigenvalue weighted by molar-refractivity contribution is 0.0925. The van der Waals surface area contributed by atoms with Gasteiger partial charge in [-0.2, -0.15) is 0 Å². The lowest BCUT2D eigenvalue weighted by Gasteiger charge is -2.26. The summed E-state index contributed by atoms with van der Waals surface area (Å²) in [7, 11) is 2.52. The van der Waals surface area contributed by atoms with E-state index in [2.05, 4.69) is 0 Å². The fourth-order valence-corrected chi connectivity index (χ4v) is 3.37. The third-order valence-electron chi connectivity index (χ3n) is 2.37. The van der Waals surface area contributed by atoms with Crippen LogP contribution in [0.25, 0.3) is 0 Å². The fraction of sp³-hybridized carbons (Fsp3) is 1.00. The number of ether oxygens (including phenoxy) is 1. The highest BCUT2D eigenvalue weighted by Gasteiger charge is 2.38. The van der Waals surface area contributed by atoms with Gasteiger partial charge in [-0.05, 0) is 25.8 Å². The smallest absolute Gasteiger partial charge is 0.385 e. The molecule has 0 bridgehead atoms. The Bertz CT molecular complexity index is 156. The number of hydrogen-bond acceptors (Lipinski definition) is 5. The molecular formula is C10H25NO4Si. The van der Waals surface area contributed by atoms with Crippen molar-refractivity contribution in [3.05, 3.63) is 0 Å². The maximum Gasteiger partial charge on any atom is 0.500 e. The predicted molar refractivity (Wildman–Crippen MR) is 65.3 cm³/mol. The summed E-state index contributed by atoms with van der Waals surface area (Å²) in [4.78, 5) is 0. The summed E-state index contributed by atoms with van der Waals surface area (Å²) in [6.07, 6.45) is 2.81. The maximum atomic E-state index is 5.76. The van der Waals surface area contributed by atoms with Crippen molar-refractivity contribution < 1.29 is 18.0 Å². The van der Waals surface area contributed by atoms with Crippen LogP contribution in [-0.4, -0.2) is 49.9 Å². The van der Waals surface area contributed by atoms with Gasteiger partial charge >= 0.3 is 8.80 Å². The molecule has 2 N–H and O–H groups in total. The average molecular weight is 251 g/mol. The number of methoxy groups -OCH3 is 1. The Balaban J connectivity index is 3.90. The largest absolute Gasteiger partial charge is 0.500 e. The van der Waals surface area contributed by atoms with E-state index in [9.17, 15) is 0 Å². The van der Waals surface area contributed by atoms with E-state index in [0.717, 1.165) is 25.3 Å². The molecule has 0 aliphatic rings. The van der Waals surface area contributed by atoms with Crippen LogP contribution in [0.4, 0.5) is 0 Å². The van der Waals surface area contributed by atoms with Crippen LogP contribution in [0.15, 0.2) is 0 Å². The van der Waals surface area contributed by atoms with Crippen molar-refractivity contribution in [3.63, 3.8) is 0 Å². The molecule has 16 heavy (non-hydrogen) atoms. The summed E-state index contributed by atoms with van der Waals surface area (Å²) in [5.74, 6) is 0. The van der Waals surface area contributed by atoms with Gasteiger partial charge in [0.05, 0.1) is 0 Å². The number of rotatable bonds is 11. The third-order valence-corrected chi connectivity index (χ3v) is 5.23. The van der Waals surface area contributed by atoms with E-state index in [1.165, 1.54) is 0 Å². The Labute approximate surface area is 99.6 Å². The van der Waals surface area contributed by atoms with Crippen molar-refractivity contribution in [1.29, 1.82) is 0 Å². The minimum absolute atomic E-state index is 0.651. The molecule has 0 saturated carbocycles. The van der Waals surface area contributed by atoms with E-state index >= 15 is 0 Å². The van der Waals surface area contributed by atoms with Crippen LogP contribution < -0.4 is 5.73 Å². The van der Waals surface area contributed by atoms with Crippen LogP contribution in [0.2, 0.25) is 6.04 Å². The van der Waals surface area contributed by atoms with Crippen molar-refractivity contribution >= 4 is 8.80 Å². The Morgan fingerprint density at radius 2 is 1.62 bits per heavy atom. The molecule has 0 atom stereocenters. The number of unbranched alkanes of at least 4 members (excludes halogenated alkanes) is 1. The first kappa shape index (κ1) is 16.0. The first-order valence-electron chi connectivity index (χ1n) is 5.68. The Morgan fingerprint density at radius 3 is 2.12 bits per heavy atom. The second-order valence-electron chi connectivity index (χ2n) is 3.53. The van der Waals surface area contributed by atoms with Crippen LogP contribution in [0.1, 0.15) is 19.3 Å². The van der Waals surface area contributed by atoms with Crippen LogP contribution >= 0.6 is 0 Å². The van der Waals surface area contributed by atoms with Gasteiger partial charge in [0.25, 0.3) is 0 Å². The van der Waals surface area contributed by atoms with Gasteiger partial charge in [0.2, 0.25) is 0 Å². The molecule has 0 aliphatic heterocycles. The normalized spacial score (nSPS) is 12.0.